The van der Waals surface area contributed by atoms with Crippen molar-refractivity contribution in [3.05, 3.63) is 39.8 Å². The summed E-state index contributed by atoms with van der Waals surface area (Å²) in [6, 6.07) is 6.25. The molecule has 0 radical (unpaired) electrons. The maximum absolute atomic E-state index is 12.2. The summed E-state index contributed by atoms with van der Waals surface area (Å²) in [7, 11) is 0. The Morgan fingerprint density at radius 1 is 1.43 bits per heavy atom. The lowest BCUT2D eigenvalue weighted by molar-refractivity contribution is 0.177. The number of urea groups is 1. The molecule has 1 aliphatic rings. The molecular formula is C16H20N4O2S. The minimum Gasteiger partial charge on any atom is -0.458 e. The van der Waals surface area contributed by atoms with Gasteiger partial charge in [-0.1, -0.05) is 6.07 Å². The van der Waals surface area contributed by atoms with Crippen LogP contribution in [0.4, 0.5) is 4.79 Å². The van der Waals surface area contributed by atoms with E-state index in [0.717, 1.165) is 22.7 Å². The molecular weight excluding hydrogens is 312 g/mol. The number of carbonyl (C=O) groups excluding carboxylic acids is 1. The zero-order valence-corrected chi connectivity index (χ0v) is 14.1. The van der Waals surface area contributed by atoms with Crippen LogP contribution in [0.5, 0.6) is 6.01 Å². The summed E-state index contributed by atoms with van der Waals surface area (Å²) in [5.41, 5.74) is 1.77. The smallest absolute Gasteiger partial charge is 0.317 e. The molecule has 3 rings (SSSR count). The summed E-state index contributed by atoms with van der Waals surface area (Å²) in [5.74, 6) is 0. The van der Waals surface area contributed by atoms with E-state index in [9.17, 15) is 4.79 Å². The molecule has 0 bridgehead atoms. The first-order chi connectivity index (χ1) is 11.1. The zero-order chi connectivity index (χ0) is 16.2. The van der Waals surface area contributed by atoms with Gasteiger partial charge in [-0.15, -0.1) is 11.3 Å². The molecule has 2 amide bonds. The number of rotatable bonds is 4. The SMILES string of the molecule is Cc1cc(C)nc(O[C@@H]2CCN(C(=O)NCc3cccs3)C2)n1. The molecule has 1 saturated heterocycles. The quantitative estimate of drug-likeness (QED) is 0.934. The van der Waals surface area contributed by atoms with Crippen molar-refractivity contribution in [1.82, 2.24) is 20.2 Å². The number of hydrogen-bond donors (Lipinski definition) is 1. The average Bonchev–Trinajstić information content (AvgIpc) is 3.15. The van der Waals surface area contributed by atoms with Crippen molar-refractivity contribution in [3.8, 4) is 6.01 Å². The lowest BCUT2D eigenvalue weighted by Crippen LogP contribution is -2.39. The molecule has 0 saturated carbocycles. The fourth-order valence-electron chi connectivity index (χ4n) is 2.59. The standard InChI is InChI=1S/C16H20N4O2S/c1-11-8-12(2)19-15(18-11)22-13-5-6-20(10-13)16(21)17-9-14-4-3-7-23-14/h3-4,7-8,13H,5-6,9-10H2,1-2H3,(H,17,21)/t13-/m1/s1. The van der Waals surface area contributed by atoms with Crippen molar-refractivity contribution in [2.75, 3.05) is 13.1 Å². The predicted molar refractivity (Wildman–Crippen MR) is 88.7 cm³/mol. The molecule has 0 aromatic carbocycles. The van der Waals surface area contributed by atoms with Crippen LogP contribution in [0.1, 0.15) is 22.7 Å². The van der Waals surface area contributed by atoms with Gasteiger partial charge < -0.3 is 15.0 Å². The van der Waals surface area contributed by atoms with E-state index in [4.69, 9.17) is 4.74 Å². The Kier molecular flexibility index (Phi) is 4.76. The van der Waals surface area contributed by atoms with Crippen molar-refractivity contribution in [1.29, 1.82) is 0 Å². The summed E-state index contributed by atoms with van der Waals surface area (Å²) in [4.78, 5) is 23.7. The highest BCUT2D eigenvalue weighted by molar-refractivity contribution is 7.09. The van der Waals surface area contributed by atoms with Gasteiger partial charge in [-0.2, -0.15) is 0 Å². The molecule has 122 valence electrons. The third-order valence-electron chi connectivity index (χ3n) is 3.66. The number of nitrogens with zero attached hydrogens (tertiary/aromatic N) is 3. The van der Waals surface area contributed by atoms with Gasteiger partial charge in [0.15, 0.2) is 0 Å². The molecule has 6 nitrogen and oxygen atoms in total. The molecule has 1 aliphatic heterocycles. The fraction of sp³-hybridized carbons (Fsp3) is 0.438. The largest absolute Gasteiger partial charge is 0.458 e. The van der Waals surface area contributed by atoms with E-state index in [2.05, 4.69) is 15.3 Å². The van der Waals surface area contributed by atoms with Gasteiger partial charge in [0.1, 0.15) is 6.10 Å². The van der Waals surface area contributed by atoms with E-state index in [0.29, 0.717) is 25.6 Å². The Balaban J connectivity index is 1.50. The van der Waals surface area contributed by atoms with E-state index >= 15 is 0 Å². The van der Waals surface area contributed by atoms with Crippen molar-refractivity contribution in [2.45, 2.75) is 32.9 Å². The molecule has 7 heteroatoms. The van der Waals surface area contributed by atoms with Gasteiger partial charge in [-0.3, -0.25) is 0 Å². The van der Waals surface area contributed by atoms with Gasteiger partial charge in [0, 0.05) is 29.2 Å². The molecule has 1 atom stereocenters. The van der Waals surface area contributed by atoms with E-state index in [1.54, 1.807) is 16.2 Å². The van der Waals surface area contributed by atoms with E-state index in [-0.39, 0.29) is 12.1 Å². The van der Waals surface area contributed by atoms with Crippen molar-refractivity contribution in [2.24, 2.45) is 0 Å². The monoisotopic (exact) mass is 332 g/mol. The highest BCUT2D eigenvalue weighted by Crippen LogP contribution is 2.16. The number of ether oxygens (including phenoxy) is 1. The van der Waals surface area contributed by atoms with Crippen molar-refractivity contribution >= 4 is 17.4 Å². The van der Waals surface area contributed by atoms with Crippen LogP contribution in [0, 0.1) is 13.8 Å². The topological polar surface area (TPSA) is 67.3 Å². The number of aryl methyl sites for hydroxylation is 2. The molecule has 0 unspecified atom stereocenters. The molecule has 2 aromatic rings. The van der Waals surface area contributed by atoms with Gasteiger partial charge in [0.05, 0.1) is 13.1 Å². The lowest BCUT2D eigenvalue weighted by atomic mass is 10.3. The Labute approximate surface area is 139 Å². The van der Waals surface area contributed by atoms with Crippen molar-refractivity contribution < 1.29 is 9.53 Å². The Morgan fingerprint density at radius 2 is 2.22 bits per heavy atom. The van der Waals surface area contributed by atoms with Crippen LogP contribution in [-0.4, -0.2) is 40.1 Å². The molecule has 1 fully saturated rings. The Bertz CT molecular complexity index is 654. The van der Waals surface area contributed by atoms with Crippen LogP contribution in [0.15, 0.2) is 23.6 Å². The zero-order valence-electron chi connectivity index (χ0n) is 13.3. The highest BCUT2D eigenvalue weighted by Gasteiger charge is 2.28. The number of nitrogens with one attached hydrogen (secondary N) is 1. The van der Waals surface area contributed by atoms with Crippen LogP contribution >= 0.6 is 11.3 Å². The van der Waals surface area contributed by atoms with Gasteiger partial charge >= 0.3 is 12.0 Å². The second-order valence-electron chi connectivity index (χ2n) is 5.65. The first kappa shape index (κ1) is 15.7. The predicted octanol–water partition coefficient (Wildman–Crippen LogP) is 2.52. The summed E-state index contributed by atoms with van der Waals surface area (Å²) in [5, 5.41) is 4.95. The van der Waals surface area contributed by atoms with Crippen LogP contribution in [0.2, 0.25) is 0 Å². The Hall–Kier alpha value is -2.15. The molecule has 0 aliphatic carbocycles. The fourth-order valence-corrected chi connectivity index (χ4v) is 3.24. The molecule has 1 N–H and O–H groups in total. The summed E-state index contributed by atoms with van der Waals surface area (Å²) in [6.45, 7) is 5.65. The minimum atomic E-state index is -0.0521. The number of likely N-dealkylation sites (tertiary alicyclic amines) is 1. The molecule has 2 aromatic heterocycles. The second kappa shape index (κ2) is 6.95. The minimum absolute atomic E-state index is 0.0501. The van der Waals surface area contributed by atoms with E-state index in [1.807, 2.05) is 37.4 Å². The number of amides is 2. The normalized spacial score (nSPS) is 17.3. The maximum Gasteiger partial charge on any atom is 0.317 e. The maximum atomic E-state index is 12.2. The summed E-state index contributed by atoms with van der Waals surface area (Å²) < 4.78 is 5.83. The number of carbonyl (C=O) groups is 1. The Morgan fingerprint density at radius 3 is 2.91 bits per heavy atom. The van der Waals surface area contributed by atoms with Gasteiger partial charge in [0.25, 0.3) is 0 Å². The first-order valence-corrected chi connectivity index (χ1v) is 8.52. The van der Waals surface area contributed by atoms with Gasteiger partial charge in [0.2, 0.25) is 0 Å². The highest BCUT2D eigenvalue weighted by atomic mass is 32.1. The second-order valence-corrected chi connectivity index (χ2v) is 6.68. The third kappa shape index (κ3) is 4.19. The van der Waals surface area contributed by atoms with Crippen LogP contribution in [0.3, 0.4) is 0 Å². The van der Waals surface area contributed by atoms with E-state index in [1.165, 1.54) is 0 Å². The third-order valence-corrected chi connectivity index (χ3v) is 4.54. The molecule has 3 heterocycles. The molecule has 23 heavy (non-hydrogen) atoms. The van der Waals surface area contributed by atoms with E-state index < -0.39 is 0 Å². The summed E-state index contributed by atoms with van der Waals surface area (Å²) >= 11 is 1.64. The summed E-state index contributed by atoms with van der Waals surface area (Å²) in [6.07, 6.45) is 0.742. The molecule has 0 spiro atoms. The number of thiophene rings is 1. The van der Waals surface area contributed by atoms with Crippen LogP contribution in [-0.2, 0) is 6.54 Å². The van der Waals surface area contributed by atoms with Gasteiger partial charge in [-0.05, 0) is 31.4 Å². The van der Waals surface area contributed by atoms with Crippen LogP contribution < -0.4 is 10.1 Å². The lowest BCUT2D eigenvalue weighted by Gasteiger charge is -2.17. The number of hydrogen-bond acceptors (Lipinski definition) is 5. The average molecular weight is 332 g/mol. The van der Waals surface area contributed by atoms with Crippen molar-refractivity contribution in [3.63, 3.8) is 0 Å². The number of aromatic nitrogens is 2. The van der Waals surface area contributed by atoms with Crippen LogP contribution in [0.25, 0.3) is 0 Å². The van der Waals surface area contributed by atoms with Gasteiger partial charge in [-0.25, -0.2) is 14.8 Å². The first-order valence-electron chi connectivity index (χ1n) is 7.64.